The van der Waals surface area contributed by atoms with Crippen molar-refractivity contribution in [2.45, 2.75) is 33.0 Å². The van der Waals surface area contributed by atoms with Crippen LogP contribution in [0.1, 0.15) is 25.1 Å². The monoisotopic (exact) mass is 262 g/mol. The minimum Gasteiger partial charge on any atom is -0.388 e. The molecule has 1 heterocycles. The van der Waals surface area contributed by atoms with E-state index in [1.54, 1.807) is 0 Å². The van der Waals surface area contributed by atoms with Crippen molar-refractivity contribution in [1.29, 1.82) is 0 Å². The maximum absolute atomic E-state index is 5.85. The number of anilines is 1. The average molecular weight is 262 g/mol. The van der Waals surface area contributed by atoms with Gasteiger partial charge >= 0.3 is 0 Å². The second-order valence-corrected chi connectivity index (χ2v) is 5.35. The highest BCUT2D eigenvalue weighted by molar-refractivity contribution is 7.09. The van der Waals surface area contributed by atoms with Crippen LogP contribution < -0.4 is 5.73 Å². The Bertz CT molecular complexity index is 481. The normalized spacial score (nSPS) is 11.3. The molecule has 96 valence electrons. The first-order valence-electron chi connectivity index (χ1n) is 6.01. The number of nitrogens with zero attached hydrogens (tertiary/aromatic N) is 3. The second-order valence-electron chi connectivity index (χ2n) is 4.57. The zero-order chi connectivity index (χ0) is 13.0. The number of benzene rings is 1. The fourth-order valence-corrected chi connectivity index (χ4v) is 2.19. The lowest BCUT2D eigenvalue weighted by Crippen LogP contribution is -2.30. The van der Waals surface area contributed by atoms with Gasteiger partial charge in [-0.25, -0.2) is 0 Å². The lowest BCUT2D eigenvalue weighted by Gasteiger charge is -2.25. The number of nitrogen functional groups attached to an aromatic ring is 1. The van der Waals surface area contributed by atoms with Crippen LogP contribution in [0.3, 0.4) is 0 Å². The summed E-state index contributed by atoms with van der Waals surface area (Å²) >= 11 is 1.25. The summed E-state index contributed by atoms with van der Waals surface area (Å²) in [7, 11) is 0. The van der Waals surface area contributed by atoms with Crippen molar-refractivity contribution in [3.05, 3.63) is 41.6 Å². The first-order chi connectivity index (χ1) is 8.66. The number of hydrogen-bond donors (Lipinski definition) is 1. The van der Waals surface area contributed by atoms with E-state index in [0.29, 0.717) is 11.0 Å². The lowest BCUT2D eigenvalue weighted by molar-refractivity contribution is 0.201. The molecular weight excluding hydrogens is 244 g/mol. The van der Waals surface area contributed by atoms with Crippen molar-refractivity contribution in [1.82, 2.24) is 14.5 Å². The molecule has 0 aliphatic heterocycles. The van der Waals surface area contributed by atoms with Gasteiger partial charge < -0.3 is 5.73 Å². The molecule has 0 spiro atoms. The van der Waals surface area contributed by atoms with Crippen LogP contribution in [-0.4, -0.2) is 20.5 Å². The molecule has 0 aliphatic rings. The molecule has 0 saturated heterocycles. The molecule has 0 fully saturated rings. The molecule has 1 aromatic carbocycles. The molecule has 2 N–H and O–H groups in total. The Morgan fingerprint density at radius 3 is 2.50 bits per heavy atom. The maximum atomic E-state index is 5.85. The number of hydrogen-bond acceptors (Lipinski definition) is 5. The van der Waals surface area contributed by atoms with Crippen molar-refractivity contribution in [2.75, 3.05) is 5.73 Å². The van der Waals surface area contributed by atoms with Gasteiger partial charge in [0, 0.05) is 30.7 Å². The number of rotatable bonds is 5. The van der Waals surface area contributed by atoms with Crippen LogP contribution in [0.25, 0.3) is 0 Å². The molecule has 0 aliphatic carbocycles. The third kappa shape index (κ3) is 3.27. The molecule has 0 amide bonds. The summed E-state index contributed by atoms with van der Waals surface area (Å²) < 4.78 is 3.88. The highest BCUT2D eigenvalue weighted by Gasteiger charge is 2.14. The molecule has 5 heteroatoms. The Hall–Kier alpha value is -1.46. The van der Waals surface area contributed by atoms with Gasteiger partial charge in [-0.1, -0.05) is 34.8 Å². The summed E-state index contributed by atoms with van der Waals surface area (Å²) in [6.07, 6.45) is 0. The molecule has 18 heavy (non-hydrogen) atoms. The van der Waals surface area contributed by atoms with E-state index in [2.05, 4.69) is 52.6 Å². The molecule has 0 unspecified atom stereocenters. The van der Waals surface area contributed by atoms with Crippen LogP contribution in [-0.2, 0) is 13.1 Å². The largest absolute Gasteiger partial charge is 0.388 e. The fourth-order valence-electron chi connectivity index (χ4n) is 1.76. The zero-order valence-corrected chi connectivity index (χ0v) is 11.5. The van der Waals surface area contributed by atoms with Gasteiger partial charge in [-0.3, -0.25) is 4.90 Å². The smallest absolute Gasteiger partial charge is 0.132 e. The van der Waals surface area contributed by atoms with Gasteiger partial charge in [0.2, 0.25) is 0 Å². The van der Waals surface area contributed by atoms with Gasteiger partial charge in [0.05, 0.1) is 0 Å². The average Bonchev–Trinajstić information content (AvgIpc) is 2.75. The minimum atomic E-state index is 0.436. The van der Waals surface area contributed by atoms with E-state index in [0.717, 1.165) is 18.8 Å². The predicted molar refractivity (Wildman–Crippen MR) is 75.1 cm³/mol. The Morgan fingerprint density at radius 2 is 1.94 bits per heavy atom. The molecule has 4 nitrogen and oxygen atoms in total. The molecule has 0 radical (unpaired) electrons. The Morgan fingerprint density at radius 1 is 1.22 bits per heavy atom. The van der Waals surface area contributed by atoms with E-state index in [1.807, 2.05) is 6.07 Å². The van der Waals surface area contributed by atoms with Crippen LogP contribution in [0.15, 0.2) is 30.3 Å². The SMILES string of the molecule is CC(C)N(Cc1ccccc1)Cc1nnsc1N. The topological polar surface area (TPSA) is 55.0 Å². The molecule has 0 bridgehead atoms. The van der Waals surface area contributed by atoms with E-state index < -0.39 is 0 Å². The second kappa shape index (κ2) is 5.93. The van der Waals surface area contributed by atoms with E-state index in [9.17, 15) is 0 Å². The molecule has 2 aromatic rings. The van der Waals surface area contributed by atoms with E-state index in [-0.39, 0.29) is 0 Å². The molecule has 0 atom stereocenters. The lowest BCUT2D eigenvalue weighted by atomic mass is 10.2. The molecule has 2 rings (SSSR count). The van der Waals surface area contributed by atoms with Crippen LogP contribution in [0.4, 0.5) is 5.00 Å². The van der Waals surface area contributed by atoms with E-state index in [4.69, 9.17) is 5.73 Å². The Kier molecular flexibility index (Phi) is 4.28. The third-order valence-electron chi connectivity index (χ3n) is 2.90. The highest BCUT2D eigenvalue weighted by Crippen LogP contribution is 2.18. The van der Waals surface area contributed by atoms with Gasteiger partial charge in [-0.2, -0.15) is 0 Å². The molecular formula is C13H18N4S. The molecule has 1 aromatic heterocycles. The Labute approximate surface area is 112 Å². The summed E-state index contributed by atoms with van der Waals surface area (Å²) in [5.74, 6) is 0. The van der Waals surface area contributed by atoms with Crippen molar-refractivity contribution in [3.63, 3.8) is 0 Å². The van der Waals surface area contributed by atoms with E-state index in [1.165, 1.54) is 17.1 Å². The van der Waals surface area contributed by atoms with Crippen molar-refractivity contribution in [3.8, 4) is 0 Å². The maximum Gasteiger partial charge on any atom is 0.132 e. The summed E-state index contributed by atoms with van der Waals surface area (Å²) in [6, 6.07) is 10.9. The third-order valence-corrected chi connectivity index (χ3v) is 3.49. The van der Waals surface area contributed by atoms with Gasteiger partial charge in [0.15, 0.2) is 0 Å². The van der Waals surface area contributed by atoms with Crippen molar-refractivity contribution in [2.24, 2.45) is 0 Å². The standard InChI is InChI=1S/C13H18N4S/c1-10(2)17(8-11-6-4-3-5-7-11)9-12-13(14)18-16-15-12/h3-7,10H,8-9,14H2,1-2H3. The van der Waals surface area contributed by atoms with Crippen LogP contribution >= 0.6 is 11.5 Å². The first-order valence-corrected chi connectivity index (χ1v) is 6.79. The van der Waals surface area contributed by atoms with Gasteiger partial charge in [-0.15, -0.1) is 5.10 Å². The van der Waals surface area contributed by atoms with Crippen LogP contribution in [0, 0.1) is 0 Å². The minimum absolute atomic E-state index is 0.436. The van der Waals surface area contributed by atoms with Gasteiger partial charge in [-0.05, 0) is 19.4 Å². The quantitative estimate of drug-likeness (QED) is 0.899. The fraction of sp³-hybridized carbons (Fsp3) is 0.385. The summed E-state index contributed by atoms with van der Waals surface area (Å²) in [4.78, 5) is 2.34. The Balaban J connectivity index is 2.07. The van der Waals surface area contributed by atoms with E-state index >= 15 is 0 Å². The van der Waals surface area contributed by atoms with Gasteiger partial charge in [0.1, 0.15) is 10.7 Å². The van der Waals surface area contributed by atoms with Crippen molar-refractivity contribution >= 4 is 16.5 Å². The summed E-state index contributed by atoms with van der Waals surface area (Å²) in [5, 5.41) is 4.80. The number of aromatic nitrogens is 2. The summed E-state index contributed by atoms with van der Waals surface area (Å²) in [6.45, 7) is 6.00. The predicted octanol–water partition coefficient (Wildman–Crippen LogP) is 2.53. The molecule has 0 saturated carbocycles. The number of nitrogens with two attached hydrogens (primary N) is 1. The summed E-state index contributed by atoms with van der Waals surface area (Å²) in [5.41, 5.74) is 8.03. The zero-order valence-electron chi connectivity index (χ0n) is 10.7. The highest BCUT2D eigenvalue weighted by atomic mass is 32.1. The first kappa shape index (κ1) is 13.0. The van der Waals surface area contributed by atoms with Gasteiger partial charge in [0.25, 0.3) is 0 Å². The van der Waals surface area contributed by atoms with Crippen molar-refractivity contribution < 1.29 is 0 Å². The van der Waals surface area contributed by atoms with Crippen LogP contribution in [0.5, 0.6) is 0 Å². The van der Waals surface area contributed by atoms with Crippen LogP contribution in [0.2, 0.25) is 0 Å².